The van der Waals surface area contributed by atoms with Crippen LogP contribution >= 0.6 is 0 Å². The van der Waals surface area contributed by atoms with Gasteiger partial charge >= 0.3 is 0 Å². The first-order valence-electron chi connectivity index (χ1n) is 5.12. The van der Waals surface area contributed by atoms with Gasteiger partial charge in [0.05, 0.1) is 0 Å². The predicted octanol–water partition coefficient (Wildman–Crippen LogP) is 1.42. The Morgan fingerprint density at radius 3 is 2.75 bits per heavy atom. The van der Waals surface area contributed by atoms with Gasteiger partial charge in [-0.1, -0.05) is 13.3 Å². The molecule has 0 aromatic rings. The van der Waals surface area contributed by atoms with Crippen LogP contribution in [0.25, 0.3) is 0 Å². The molecule has 1 saturated heterocycles. The van der Waals surface area contributed by atoms with Gasteiger partial charge in [0.25, 0.3) is 0 Å². The summed E-state index contributed by atoms with van der Waals surface area (Å²) in [5.41, 5.74) is 0. The highest BCUT2D eigenvalue weighted by Gasteiger charge is 2.22. The summed E-state index contributed by atoms with van der Waals surface area (Å²) < 4.78 is 0. The molecule has 0 spiro atoms. The van der Waals surface area contributed by atoms with Crippen LogP contribution in [0.5, 0.6) is 0 Å². The number of nitrogens with zero attached hydrogens (tertiary/aromatic N) is 2. The molecule has 2 nitrogen and oxygen atoms in total. The molecule has 0 N–H and O–H groups in total. The zero-order chi connectivity index (χ0) is 8.97. The van der Waals surface area contributed by atoms with Gasteiger partial charge in [0.15, 0.2) is 0 Å². The van der Waals surface area contributed by atoms with Gasteiger partial charge in [0.2, 0.25) is 0 Å². The van der Waals surface area contributed by atoms with E-state index >= 15 is 0 Å². The number of rotatable bonds is 4. The average molecular weight is 170 g/mol. The third kappa shape index (κ3) is 2.76. The lowest BCUT2D eigenvalue weighted by Crippen LogP contribution is -2.34. The summed E-state index contributed by atoms with van der Waals surface area (Å²) in [5, 5.41) is 0. The molecule has 1 rings (SSSR count). The van der Waals surface area contributed by atoms with Gasteiger partial charge in [-0.3, -0.25) is 0 Å². The number of hydrogen-bond donors (Lipinski definition) is 0. The Bertz CT molecular complexity index is 125. The first kappa shape index (κ1) is 10.0. The fourth-order valence-corrected chi connectivity index (χ4v) is 1.86. The highest BCUT2D eigenvalue weighted by Crippen LogP contribution is 2.12. The highest BCUT2D eigenvalue weighted by molar-refractivity contribution is 4.79. The molecule has 1 aliphatic heterocycles. The van der Waals surface area contributed by atoms with E-state index in [-0.39, 0.29) is 0 Å². The summed E-state index contributed by atoms with van der Waals surface area (Å²) >= 11 is 0. The minimum absolute atomic E-state index is 0.821. The van der Waals surface area contributed by atoms with E-state index in [0.29, 0.717) is 0 Å². The molecule has 1 aliphatic rings. The Kier molecular flexibility index (Phi) is 4.02. The molecular formula is C10H22N2. The molecule has 12 heavy (non-hydrogen) atoms. The second-order valence-corrected chi connectivity index (χ2v) is 4.04. The van der Waals surface area contributed by atoms with E-state index in [9.17, 15) is 0 Å². The van der Waals surface area contributed by atoms with Crippen LogP contribution in [0.4, 0.5) is 0 Å². The molecule has 1 atom stereocenters. The molecule has 0 aromatic heterocycles. The van der Waals surface area contributed by atoms with Crippen molar-refractivity contribution in [1.82, 2.24) is 9.80 Å². The van der Waals surface area contributed by atoms with Crippen molar-refractivity contribution >= 4 is 0 Å². The Labute approximate surface area is 76.5 Å². The zero-order valence-electron chi connectivity index (χ0n) is 8.71. The van der Waals surface area contributed by atoms with Gasteiger partial charge in [-0.15, -0.1) is 0 Å². The molecular weight excluding hydrogens is 148 g/mol. The molecule has 0 unspecified atom stereocenters. The molecule has 72 valence electrons. The number of likely N-dealkylation sites (tertiary alicyclic amines) is 1. The van der Waals surface area contributed by atoms with E-state index < -0.39 is 0 Å². The standard InChI is InChI=1S/C10H22N2/c1-4-5-7-12(3)10-6-8-11(2)9-10/h10H,4-9H2,1-3H3/t10-/m1/s1. The van der Waals surface area contributed by atoms with Crippen molar-refractivity contribution < 1.29 is 0 Å². The molecule has 0 radical (unpaired) electrons. The van der Waals surface area contributed by atoms with Crippen LogP contribution in [0.3, 0.4) is 0 Å². The lowest BCUT2D eigenvalue weighted by Gasteiger charge is -2.23. The van der Waals surface area contributed by atoms with Crippen molar-refractivity contribution in [2.24, 2.45) is 0 Å². The molecule has 0 aromatic carbocycles. The Morgan fingerprint density at radius 2 is 2.25 bits per heavy atom. The van der Waals surface area contributed by atoms with E-state index in [1.54, 1.807) is 0 Å². The third-order valence-corrected chi connectivity index (χ3v) is 2.85. The summed E-state index contributed by atoms with van der Waals surface area (Å²) in [6, 6.07) is 0.821. The van der Waals surface area contributed by atoms with Gasteiger partial charge in [-0.25, -0.2) is 0 Å². The van der Waals surface area contributed by atoms with Crippen LogP contribution in [0.15, 0.2) is 0 Å². The smallest absolute Gasteiger partial charge is 0.0232 e. The predicted molar refractivity (Wildman–Crippen MR) is 53.4 cm³/mol. The Balaban J connectivity index is 2.18. The van der Waals surface area contributed by atoms with Crippen LogP contribution in [-0.2, 0) is 0 Å². The van der Waals surface area contributed by atoms with Gasteiger partial charge in [0.1, 0.15) is 0 Å². The van der Waals surface area contributed by atoms with Crippen molar-refractivity contribution in [3.63, 3.8) is 0 Å². The Hall–Kier alpha value is -0.0800. The van der Waals surface area contributed by atoms with E-state index in [1.165, 1.54) is 38.9 Å². The monoisotopic (exact) mass is 170 g/mol. The van der Waals surface area contributed by atoms with E-state index in [1.807, 2.05) is 0 Å². The number of hydrogen-bond acceptors (Lipinski definition) is 2. The Morgan fingerprint density at radius 1 is 1.50 bits per heavy atom. The van der Waals surface area contributed by atoms with Gasteiger partial charge in [0, 0.05) is 12.6 Å². The van der Waals surface area contributed by atoms with E-state index in [0.717, 1.165) is 6.04 Å². The lowest BCUT2D eigenvalue weighted by molar-refractivity contribution is 0.238. The maximum atomic E-state index is 2.52. The van der Waals surface area contributed by atoms with Crippen LogP contribution in [-0.4, -0.2) is 49.6 Å². The molecule has 0 saturated carbocycles. The van der Waals surface area contributed by atoms with E-state index in [4.69, 9.17) is 0 Å². The summed E-state index contributed by atoms with van der Waals surface area (Å²) in [5.74, 6) is 0. The quantitative estimate of drug-likeness (QED) is 0.629. The summed E-state index contributed by atoms with van der Waals surface area (Å²) in [6.45, 7) is 6.07. The number of unbranched alkanes of at least 4 members (excludes halogenated alkanes) is 1. The normalized spacial score (nSPS) is 25.5. The zero-order valence-corrected chi connectivity index (χ0v) is 8.71. The summed E-state index contributed by atoms with van der Waals surface area (Å²) in [6.07, 6.45) is 4.01. The average Bonchev–Trinajstić information content (AvgIpc) is 2.47. The molecule has 0 aliphatic carbocycles. The second-order valence-electron chi connectivity index (χ2n) is 4.04. The SMILES string of the molecule is CCCCN(C)[C@@H]1CCN(C)C1. The summed E-state index contributed by atoms with van der Waals surface area (Å²) in [7, 11) is 4.48. The molecule has 0 amide bonds. The van der Waals surface area contributed by atoms with Crippen molar-refractivity contribution in [3.8, 4) is 0 Å². The van der Waals surface area contributed by atoms with Gasteiger partial charge < -0.3 is 9.80 Å². The number of likely N-dealkylation sites (N-methyl/N-ethyl adjacent to an activating group) is 2. The van der Waals surface area contributed by atoms with Crippen LogP contribution in [0.1, 0.15) is 26.2 Å². The largest absolute Gasteiger partial charge is 0.305 e. The topological polar surface area (TPSA) is 6.48 Å². The van der Waals surface area contributed by atoms with Crippen LogP contribution in [0, 0.1) is 0 Å². The minimum atomic E-state index is 0.821. The lowest BCUT2D eigenvalue weighted by atomic mass is 10.2. The fourth-order valence-electron chi connectivity index (χ4n) is 1.86. The fraction of sp³-hybridized carbons (Fsp3) is 1.00. The minimum Gasteiger partial charge on any atom is -0.305 e. The first-order valence-corrected chi connectivity index (χ1v) is 5.12. The molecule has 1 heterocycles. The van der Waals surface area contributed by atoms with Crippen LogP contribution < -0.4 is 0 Å². The summed E-state index contributed by atoms with van der Waals surface area (Å²) in [4.78, 5) is 4.94. The molecule has 0 bridgehead atoms. The van der Waals surface area contributed by atoms with Crippen molar-refractivity contribution in [1.29, 1.82) is 0 Å². The van der Waals surface area contributed by atoms with Crippen LogP contribution in [0.2, 0.25) is 0 Å². The molecule has 1 fully saturated rings. The highest BCUT2D eigenvalue weighted by atomic mass is 15.2. The maximum Gasteiger partial charge on any atom is 0.0232 e. The first-order chi connectivity index (χ1) is 5.74. The maximum absolute atomic E-state index is 2.52. The van der Waals surface area contributed by atoms with Crippen molar-refractivity contribution in [2.45, 2.75) is 32.2 Å². The third-order valence-electron chi connectivity index (χ3n) is 2.85. The van der Waals surface area contributed by atoms with Gasteiger partial charge in [-0.05, 0) is 40.0 Å². The molecule has 2 heteroatoms. The van der Waals surface area contributed by atoms with E-state index in [2.05, 4.69) is 30.8 Å². The van der Waals surface area contributed by atoms with Crippen molar-refractivity contribution in [3.05, 3.63) is 0 Å². The second kappa shape index (κ2) is 4.83. The van der Waals surface area contributed by atoms with Crippen molar-refractivity contribution in [2.75, 3.05) is 33.7 Å². The van der Waals surface area contributed by atoms with Gasteiger partial charge in [-0.2, -0.15) is 0 Å².